The zero-order valence-corrected chi connectivity index (χ0v) is 20.9. The lowest BCUT2D eigenvalue weighted by atomic mass is 10.0. The Kier molecular flexibility index (Phi) is 7.28. The number of likely N-dealkylation sites (tertiary alicyclic amines) is 1. The average Bonchev–Trinajstić information content (AvgIpc) is 3.22. The van der Waals surface area contributed by atoms with E-state index in [0.717, 1.165) is 35.3 Å². The molecule has 8 nitrogen and oxygen atoms in total. The number of imidazole rings is 1. The van der Waals surface area contributed by atoms with Crippen molar-refractivity contribution in [1.29, 1.82) is 0 Å². The number of alkyl carbamates (subject to hydrolysis) is 1. The van der Waals surface area contributed by atoms with Crippen molar-refractivity contribution in [1.82, 2.24) is 19.8 Å². The maximum Gasteiger partial charge on any atom is 0.410 e. The van der Waals surface area contributed by atoms with Gasteiger partial charge in [-0.2, -0.15) is 0 Å². The summed E-state index contributed by atoms with van der Waals surface area (Å²) in [6.07, 6.45) is 0.956. The Balaban J connectivity index is 1.52. The number of ether oxygens (including phenoxy) is 2. The van der Waals surface area contributed by atoms with E-state index in [4.69, 9.17) is 14.5 Å². The topological polar surface area (TPSA) is 85.7 Å². The van der Waals surface area contributed by atoms with Crippen molar-refractivity contribution in [3.05, 3.63) is 66.0 Å². The van der Waals surface area contributed by atoms with E-state index in [1.807, 2.05) is 82.3 Å². The Morgan fingerprint density at radius 2 is 1.83 bits per heavy atom. The lowest BCUT2D eigenvalue weighted by Gasteiger charge is -2.35. The molecule has 186 valence electrons. The molecular formula is C27H34N4O4. The quantitative estimate of drug-likeness (QED) is 0.516. The molecule has 2 heterocycles. The van der Waals surface area contributed by atoms with E-state index in [9.17, 15) is 9.59 Å². The SMILES string of the molecule is C[C@H](NC(=O)OCc1ccccc1)c1nc2ccccc2n1[C@@H]1CCCN(C(=O)OC(C)(C)C)C1. The summed E-state index contributed by atoms with van der Waals surface area (Å²) in [6, 6.07) is 17.1. The smallest absolute Gasteiger partial charge is 0.410 e. The number of amides is 2. The summed E-state index contributed by atoms with van der Waals surface area (Å²) in [6.45, 7) is 8.90. The minimum absolute atomic E-state index is 0.0169. The number of rotatable bonds is 5. The maximum atomic E-state index is 12.8. The van der Waals surface area contributed by atoms with Gasteiger partial charge in [-0.15, -0.1) is 0 Å². The molecule has 0 unspecified atom stereocenters. The number of aromatic nitrogens is 2. The van der Waals surface area contributed by atoms with Gasteiger partial charge in [0.2, 0.25) is 0 Å². The first kappa shape index (κ1) is 24.6. The van der Waals surface area contributed by atoms with Gasteiger partial charge < -0.3 is 24.3 Å². The molecule has 1 aliphatic rings. The first-order chi connectivity index (χ1) is 16.7. The van der Waals surface area contributed by atoms with Crippen molar-refractivity contribution >= 4 is 23.2 Å². The minimum atomic E-state index is -0.546. The molecule has 1 aliphatic heterocycles. The summed E-state index contributed by atoms with van der Waals surface area (Å²) in [5.74, 6) is 0.735. The molecule has 2 aromatic carbocycles. The molecule has 1 N–H and O–H groups in total. The standard InChI is InChI=1S/C27H34N4O4/c1-19(28-25(32)34-18-20-11-6-5-7-12-20)24-29-22-14-8-9-15-23(22)31(24)21-13-10-16-30(17-21)26(33)35-27(2,3)4/h5-9,11-12,14-15,19,21H,10,13,16-18H2,1-4H3,(H,28,32)/t19-,21+/m0/s1. The summed E-state index contributed by atoms with van der Waals surface area (Å²) in [5, 5.41) is 2.92. The third-order valence-electron chi connectivity index (χ3n) is 5.97. The Hall–Kier alpha value is -3.55. The molecular weight excluding hydrogens is 444 g/mol. The van der Waals surface area contributed by atoms with E-state index in [1.165, 1.54) is 0 Å². The third kappa shape index (κ3) is 6.12. The van der Waals surface area contributed by atoms with Crippen LogP contribution in [0.1, 0.15) is 64.0 Å². The fourth-order valence-corrected chi connectivity index (χ4v) is 4.42. The second-order valence-electron chi connectivity index (χ2n) is 9.98. The molecule has 35 heavy (non-hydrogen) atoms. The molecule has 2 amide bonds. The number of fused-ring (bicyclic) bond motifs is 1. The average molecular weight is 479 g/mol. The molecule has 1 aromatic heterocycles. The van der Waals surface area contributed by atoms with Gasteiger partial charge in [-0.05, 0) is 58.2 Å². The van der Waals surface area contributed by atoms with E-state index in [2.05, 4.69) is 9.88 Å². The lowest BCUT2D eigenvalue weighted by molar-refractivity contribution is 0.0172. The van der Waals surface area contributed by atoms with Crippen molar-refractivity contribution in [2.75, 3.05) is 13.1 Å². The highest BCUT2D eigenvalue weighted by atomic mass is 16.6. The number of nitrogens with zero attached hydrogens (tertiary/aromatic N) is 3. The van der Waals surface area contributed by atoms with Crippen LogP contribution in [0.15, 0.2) is 54.6 Å². The highest BCUT2D eigenvalue weighted by molar-refractivity contribution is 5.77. The van der Waals surface area contributed by atoms with Crippen LogP contribution in [0, 0.1) is 0 Å². The predicted octanol–water partition coefficient (Wildman–Crippen LogP) is 5.60. The number of piperidine rings is 1. The Morgan fingerprint density at radius 1 is 1.11 bits per heavy atom. The monoisotopic (exact) mass is 478 g/mol. The molecule has 1 saturated heterocycles. The van der Waals surface area contributed by atoms with Crippen LogP contribution in [-0.2, 0) is 16.1 Å². The number of hydrogen-bond acceptors (Lipinski definition) is 5. The van der Waals surface area contributed by atoms with Crippen molar-refractivity contribution in [3.8, 4) is 0 Å². The van der Waals surface area contributed by atoms with Crippen LogP contribution in [0.25, 0.3) is 11.0 Å². The fraction of sp³-hybridized carbons (Fsp3) is 0.444. The van der Waals surface area contributed by atoms with Crippen LogP contribution in [0.4, 0.5) is 9.59 Å². The summed E-state index contributed by atoms with van der Waals surface area (Å²) in [4.78, 5) is 31.9. The van der Waals surface area contributed by atoms with Gasteiger partial charge in [-0.25, -0.2) is 14.6 Å². The van der Waals surface area contributed by atoms with Crippen LogP contribution >= 0.6 is 0 Å². The number of benzene rings is 2. The normalized spacial score (nSPS) is 17.1. The molecule has 1 fully saturated rings. The van der Waals surface area contributed by atoms with E-state index in [-0.39, 0.29) is 24.8 Å². The number of para-hydroxylation sites is 2. The van der Waals surface area contributed by atoms with Gasteiger partial charge in [0.15, 0.2) is 0 Å². The number of nitrogens with one attached hydrogen (secondary N) is 1. The summed E-state index contributed by atoms with van der Waals surface area (Å²) in [7, 11) is 0. The molecule has 3 aromatic rings. The van der Waals surface area contributed by atoms with Gasteiger partial charge in [0.1, 0.15) is 18.0 Å². The first-order valence-corrected chi connectivity index (χ1v) is 12.1. The van der Waals surface area contributed by atoms with Gasteiger partial charge in [0, 0.05) is 13.1 Å². The Bertz CT molecular complexity index is 1170. The summed E-state index contributed by atoms with van der Waals surface area (Å²) < 4.78 is 13.2. The molecule has 0 saturated carbocycles. The lowest BCUT2D eigenvalue weighted by Crippen LogP contribution is -2.44. The molecule has 0 radical (unpaired) electrons. The number of carbonyl (C=O) groups is 2. The summed E-state index contributed by atoms with van der Waals surface area (Å²) in [5.41, 5.74) is 2.20. The van der Waals surface area contributed by atoms with Crippen molar-refractivity contribution < 1.29 is 19.1 Å². The largest absolute Gasteiger partial charge is 0.445 e. The van der Waals surface area contributed by atoms with Gasteiger partial charge >= 0.3 is 12.2 Å². The van der Waals surface area contributed by atoms with Crippen LogP contribution in [0.5, 0.6) is 0 Å². The van der Waals surface area contributed by atoms with E-state index < -0.39 is 11.7 Å². The second kappa shape index (κ2) is 10.4. The Labute approximate surface area is 206 Å². The first-order valence-electron chi connectivity index (χ1n) is 12.1. The van der Waals surface area contributed by atoms with Gasteiger partial charge in [0.25, 0.3) is 0 Å². The number of hydrogen-bond donors (Lipinski definition) is 1. The van der Waals surface area contributed by atoms with E-state index >= 15 is 0 Å². The number of carbonyl (C=O) groups excluding carboxylic acids is 2. The molecule has 0 bridgehead atoms. The van der Waals surface area contributed by atoms with Crippen LogP contribution in [0.3, 0.4) is 0 Å². The zero-order chi connectivity index (χ0) is 25.0. The van der Waals surface area contributed by atoms with Crippen molar-refractivity contribution in [2.24, 2.45) is 0 Å². The maximum absolute atomic E-state index is 12.8. The predicted molar refractivity (Wildman–Crippen MR) is 134 cm³/mol. The van der Waals surface area contributed by atoms with Crippen molar-refractivity contribution in [3.63, 3.8) is 0 Å². The zero-order valence-electron chi connectivity index (χ0n) is 20.9. The highest BCUT2D eigenvalue weighted by Crippen LogP contribution is 2.31. The Morgan fingerprint density at radius 3 is 2.57 bits per heavy atom. The fourth-order valence-electron chi connectivity index (χ4n) is 4.42. The molecule has 0 aliphatic carbocycles. The van der Waals surface area contributed by atoms with E-state index in [0.29, 0.717) is 13.1 Å². The second-order valence-corrected chi connectivity index (χ2v) is 9.98. The van der Waals surface area contributed by atoms with Gasteiger partial charge in [-0.3, -0.25) is 0 Å². The molecule has 8 heteroatoms. The van der Waals surface area contributed by atoms with Crippen LogP contribution < -0.4 is 5.32 Å². The van der Waals surface area contributed by atoms with Crippen LogP contribution in [0.2, 0.25) is 0 Å². The van der Waals surface area contributed by atoms with Gasteiger partial charge in [0.05, 0.1) is 23.1 Å². The minimum Gasteiger partial charge on any atom is -0.445 e. The molecule has 0 spiro atoms. The molecule has 2 atom stereocenters. The van der Waals surface area contributed by atoms with Crippen molar-refractivity contribution in [2.45, 2.75) is 64.8 Å². The highest BCUT2D eigenvalue weighted by Gasteiger charge is 2.31. The van der Waals surface area contributed by atoms with Gasteiger partial charge in [-0.1, -0.05) is 42.5 Å². The molecule has 4 rings (SSSR count). The van der Waals surface area contributed by atoms with Crippen LogP contribution in [-0.4, -0.2) is 45.3 Å². The third-order valence-corrected chi connectivity index (χ3v) is 5.97. The van der Waals surface area contributed by atoms with E-state index in [1.54, 1.807) is 4.90 Å². The summed E-state index contributed by atoms with van der Waals surface area (Å²) >= 11 is 0.